The van der Waals surface area contributed by atoms with Crippen LogP contribution in [0.1, 0.15) is 35.7 Å². The summed E-state index contributed by atoms with van der Waals surface area (Å²) in [6.45, 7) is 5.05. The number of ether oxygens (including phenoxy) is 4. The fourth-order valence-corrected chi connectivity index (χ4v) is 4.01. The fraction of sp³-hybridized carbons (Fsp3) is 0.440. The van der Waals surface area contributed by atoms with Gasteiger partial charge in [0.15, 0.2) is 11.5 Å². The zero-order valence-electron chi connectivity index (χ0n) is 19.7. The molecule has 0 bridgehead atoms. The van der Waals surface area contributed by atoms with Crippen LogP contribution in [0.2, 0.25) is 0 Å². The Morgan fingerprint density at radius 3 is 2.36 bits per heavy atom. The molecule has 1 amide bonds. The predicted molar refractivity (Wildman–Crippen MR) is 125 cm³/mol. The number of amides is 1. The van der Waals surface area contributed by atoms with Crippen molar-refractivity contribution in [2.45, 2.75) is 26.3 Å². The average molecular weight is 457 g/mol. The van der Waals surface area contributed by atoms with Gasteiger partial charge in [-0.15, -0.1) is 0 Å². The number of esters is 1. The highest BCUT2D eigenvalue weighted by Crippen LogP contribution is 2.34. The van der Waals surface area contributed by atoms with E-state index in [4.69, 9.17) is 18.9 Å². The van der Waals surface area contributed by atoms with Crippen LogP contribution in [-0.4, -0.2) is 57.8 Å². The number of benzene rings is 2. The highest BCUT2D eigenvalue weighted by atomic mass is 16.5. The third-order valence-corrected chi connectivity index (χ3v) is 5.76. The van der Waals surface area contributed by atoms with Crippen LogP contribution in [0, 0.1) is 5.92 Å². The smallest absolute Gasteiger partial charge is 0.340 e. The number of methoxy groups -OCH3 is 3. The van der Waals surface area contributed by atoms with Crippen molar-refractivity contribution in [1.82, 2.24) is 4.90 Å². The standard InChI is InChI=1S/C25H32N2O6/c1-5-33-19-8-6-7-17(13-19)16-27-11-9-18(10-12-27)24(28)26-21-15-23(31-3)22(30-2)14-20(21)25(29)32-4/h6-8,13-15,18H,5,9-12,16H2,1-4H3,(H,26,28). The summed E-state index contributed by atoms with van der Waals surface area (Å²) in [6, 6.07) is 11.2. The minimum atomic E-state index is -0.560. The van der Waals surface area contributed by atoms with Crippen molar-refractivity contribution >= 4 is 17.6 Å². The maximum Gasteiger partial charge on any atom is 0.340 e. The average Bonchev–Trinajstić information content (AvgIpc) is 2.84. The van der Waals surface area contributed by atoms with Crippen LogP contribution in [-0.2, 0) is 16.1 Å². The quantitative estimate of drug-likeness (QED) is 0.575. The first kappa shape index (κ1) is 24.4. The normalized spacial score (nSPS) is 14.4. The van der Waals surface area contributed by atoms with E-state index in [0.717, 1.165) is 38.2 Å². The highest BCUT2D eigenvalue weighted by Gasteiger charge is 2.27. The number of hydrogen-bond donors (Lipinski definition) is 1. The Morgan fingerprint density at radius 1 is 1.03 bits per heavy atom. The van der Waals surface area contributed by atoms with Gasteiger partial charge in [-0.05, 0) is 50.6 Å². The van der Waals surface area contributed by atoms with Crippen molar-refractivity contribution < 1.29 is 28.5 Å². The lowest BCUT2D eigenvalue weighted by Crippen LogP contribution is -2.38. The molecule has 1 saturated heterocycles. The van der Waals surface area contributed by atoms with Crippen molar-refractivity contribution in [2.75, 3.05) is 46.3 Å². The molecule has 0 aliphatic carbocycles. The molecule has 1 aliphatic heterocycles. The van der Waals surface area contributed by atoms with Crippen molar-refractivity contribution in [3.05, 3.63) is 47.5 Å². The van der Waals surface area contributed by atoms with Gasteiger partial charge in [0.2, 0.25) is 5.91 Å². The van der Waals surface area contributed by atoms with E-state index in [1.807, 2.05) is 19.1 Å². The fourth-order valence-electron chi connectivity index (χ4n) is 4.01. The van der Waals surface area contributed by atoms with Gasteiger partial charge in [0.05, 0.1) is 39.2 Å². The summed E-state index contributed by atoms with van der Waals surface area (Å²) in [6.07, 6.45) is 1.47. The lowest BCUT2D eigenvalue weighted by atomic mass is 9.95. The van der Waals surface area contributed by atoms with E-state index < -0.39 is 5.97 Å². The SMILES string of the molecule is CCOc1cccc(CN2CCC(C(=O)Nc3cc(OC)c(OC)cc3C(=O)OC)CC2)c1. The molecule has 0 aromatic heterocycles. The largest absolute Gasteiger partial charge is 0.494 e. The number of carbonyl (C=O) groups excluding carboxylic acids is 2. The first-order chi connectivity index (χ1) is 16.0. The molecule has 1 N–H and O–H groups in total. The summed E-state index contributed by atoms with van der Waals surface area (Å²) in [5, 5.41) is 2.90. The minimum absolute atomic E-state index is 0.120. The summed E-state index contributed by atoms with van der Waals surface area (Å²) in [5.41, 5.74) is 1.76. The molecule has 2 aromatic carbocycles. The molecule has 0 radical (unpaired) electrons. The number of anilines is 1. The second kappa shape index (κ2) is 11.6. The van der Waals surface area contributed by atoms with Crippen molar-refractivity contribution in [3.63, 3.8) is 0 Å². The Balaban J connectivity index is 1.63. The molecular weight excluding hydrogens is 424 g/mol. The third kappa shape index (κ3) is 6.16. The molecule has 0 unspecified atom stereocenters. The number of hydrogen-bond acceptors (Lipinski definition) is 7. The zero-order chi connectivity index (χ0) is 23.8. The Hall–Kier alpha value is -3.26. The lowest BCUT2D eigenvalue weighted by molar-refractivity contribution is -0.121. The van der Waals surface area contributed by atoms with Crippen LogP contribution >= 0.6 is 0 Å². The minimum Gasteiger partial charge on any atom is -0.494 e. The van der Waals surface area contributed by atoms with E-state index in [0.29, 0.717) is 23.8 Å². The number of nitrogens with one attached hydrogen (secondary N) is 1. The molecular formula is C25H32N2O6. The Morgan fingerprint density at radius 2 is 1.73 bits per heavy atom. The van der Waals surface area contributed by atoms with E-state index in [1.54, 1.807) is 6.07 Å². The van der Waals surface area contributed by atoms with Gasteiger partial charge in [-0.1, -0.05) is 12.1 Å². The molecule has 8 heteroatoms. The van der Waals surface area contributed by atoms with Crippen molar-refractivity contribution in [1.29, 1.82) is 0 Å². The second-order valence-corrected chi connectivity index (χ2v) is 7.86. The van der Waals surface area contributed by atoms with E-state index in [9.17, 15) is 9.59 Å². The molecule has 1 fully saturated rings. The number of nitrogens with zero attached hydrogens (tertiary/aromatic N) is 1. The number of rotatable bonds is 9. The summed E-state index contributed by atoms with van der Waals surface area (Å²) in [7, 11) is 4.28. The van der Waals surface area contributed by atoms with Gasteiger partial charge in [-0.2, -0.15) is 0 Å². The van der Waals surface area contributed by atoms with Crippen LogP contribution < -0.4 is 19.5 Å². The van der Waals surface area contributed by atoms with Gasteiger partial charge in [0.1, 0.15) is 5.75 Å². The number of likely N-dealkylation sites (tertiary alicyclic amines) is 1. The molecule has 178 valence electrons. The first-order valence-electron chi connectivity index (χ1n) is 11.1. The van der Waals surface area contributed by atoms with E-state index >= 15 is 0 Å². The van der Waals surface area contributed by atoms with Crippen molar-refractivity contribution in [2.24, 2.45) is 5.92 Å². The Labute approximate surface area is 194 Å². The van der Waals surface area contributed by atoms with Gasteiger partial charge in [-0.3, -0.25) is 9.69 Å². The lowest BCUT2D eigenvalue weighted by Gasteiger charge is -2.31. The third-order valence-electron chi connectivity index (χ3n) is 5.76. The van der Waals surface area contributed by atoms with Gasteiger partial charge < -0.3 is 24.3 Å². The molecule has 33 heavy (non-hydrogen) atoms. The summed E-state index contributed by atoms with van der Waals surface area (Å²) < 4.78 is 21.0. The summed E-state index contributed by atoms with van der Waals surface area (Å²) in [4.78, 5) is 27.6. The van der Waals surface area contributed by atoms with Gasteiger partial charge in [0, 0.05) is 24.6 Å². The number of piperidine rings is 1. The predicted octanol–water partition coefficient (Wildman–Crippen LogP) is 3.74. The maximum atomic E-state index is 13.0. The zero-order valence-corrected chi connectivity index (χ0v) is 19.7. The molecule has 2 aromatic rings. The van der Waals surface area contributed by atoms with Crippen LogP contribution in [0.25, 0.3) is 0 Å². The topological polar surface area (TPSA) is 86.3 Å². The van der Waals surface area contributed by atoms with Crippen LogP contribution in [0.4, 0.5) is 5.69 Å². The monoisotopic (exact) mass is 456 g/mol. The summed E-state index contributed by atoms with van der Waals surface area (Å²) >= 11 is 0. The maximum absolute atomic E-state index is 13.0. The van der Waals surface area contributed by atoms with E-state index in [-0.39, 0.29) is 17.4 Å². The van der Waals surface area contributed by atoms with Crippen LogP contribution in [0.15, 0.2) is 36.4 Å². The molecule has 0 atom stereocenters. The molecule has 1 heterocycles. The highest BCUT2D eigenvalue weighted by molar-refractivity contribution is 6.02. The molecule has 3 rings (SSSR count). The van der Waals surface area contributed by atoms with Crippen LogP contribution in [0.5, 0.6) is 17.2 Å². The van der Waals surface area contributed by atoms with Gasteiger partial charge in [0.25, 0.3) is 0 Å². The molecule has 0 saturated carbocycles. The number of carbonyl (C=O) groups is 2. The van der Waals surface area contributed by atoms with Gasteiger partial charge >= 0.3 is 5.97 Å². The molecule has 0 spiro atoms. The Kier molecular flexibility index (Phi) is 8.54. The molecule has 1 aliphatic rings. The summed E-state index contributed by atoms with van der Waals surface area (Å²) in [5.74, 6) is 0.859. The Bertz CT molecular complexity index is 969. The first-order valence-corrected chi connectivity index (χ1v) is 11.1. The van der Waals surface area contributed by atoms with Crippen LogP contribution in [0.3, 0.4) is 0 Å². The van der Waals surface area contributed by atoms with E-state index in [2.05, 4.69) is 22.3 Å². The van der Waals surface area contributed by atoms with E-state index in [1.165, 1.54) is 33.0 Å². The van der Waals surface area contributed by atoms with Gasteiger partial charge in [-0.25, -0.2) is 4.79 Å². The molecule has 8 nitrogen and oxygen atoms in total. The van der Waals surface area contributed by atoms with Crippen molar-refractivity contribution in [3.8, 4) is 17.2 Å². The second-order valence-electron chi connectivity index (χ2n) is 7.86.